The van der Waals surface area contributed by atoms with Crippen molar-refractivity contribution in [3.05, 3.63) is 41.7 Å². The number of likely N-dealkylation sites (N-methyl/N-ethyl adjacent to an activating group) is 1. The molecule has 334 valence electrons. The standard InChI is InChI=1S/C47H69FN2O10/c1-10-27-14-13-17-37(60-39-19-18-35(49(5)6)25(3)56-39)24(2)43(52)33-22-30-29-20-28(59-47-46(55-9)45(54-8)44(53-7)26(4)57-47)21-32(29)41-42(40(30)31(33)23-38(51)58-27)50(41)36-16-12-11-15-34(36)48/h11-12,15-16,22,24-32,35,37,39-42,44-47H,10,13-14,17-21,23H2,1-9H3/t24-,25-,26+,27+,28+,29+,30+,31-,32-,35+,37+,39+,40-,41+,42-,44+,45-,46-,47+,50?/m1/s1. The largest absolute Gasteiger partial charge is 0.462 e. The maximum atomic E-state index is 15.8. The number of methoxy groups -OCH3 is 3. The van der Waals surface area contributed by atoms with Crippen molar-refractivity contribution in [1.82, 2.24) is 4.90 Å². The van der Waals surface area contributed by atoms with Gasteiger partial charge in [0.25, 0.3) is 0 Å². The van der Waals surface area contributed by atoms with Gasteiger partial charge in [-0.1, -0.05) is 32.1 Å². The van der Waals surface area contributed by atoms with Crippen LogP contribution < -0.4 is 4.90 Å². The number of hydrogen-bond acceptors (Lipinski definition) is 12. The van der Waals surface area contributed by atoms with Crippen LogP contribution in [-0.2, 0) is 47.5 Å². The number of hydrogen-bond donors (Lipinski definition) is 0. The van der Waals surface area contributed by atoms with Crippen molar-refractivity contribution < 1.29 is 51.9 Å². The molecule has 4 heterocycles. The number of cyclic esters (lactones) is 1. The van der Waals surface area contributed by atoms with Crippen LogP contribution in [0, 0.1) is 41.3 Å². The summed E-state index contributed by atoms with van der Waals surface area (Å²) in [6, 6.07) is 7.25. The third-order valence-electron chi connectivity index (χ3n) is 15.5. The highest BCUT2D eigenvalue weighted by Crippen LogP contribution is 2.65. The van der Waals surface area contributed by atoms with Crippen LogP contribution in [0.4, 0.5) is 10.1 Å². The van der Waals surface area contributed by atoms with Crippen LogP contribution in [0.1, 0.15) is 85.5 Å². The first-order valence-corrected chi connectivity index (χ1v) is 22.7. The number of carbonyl (C=O) groups excluding carboxylic acids is 2. The molecule has 60 heavy (non-hydrogen) atoms. The number of nitrogens with zero attached hydrogens (tertiary/aromatic N) is 2. The molecule has 7 aliphatic rings. The van der Waals surface area contributed by atoms with Gasteiger partial charge in [-0.25, -0.2) is 4.39 Å². The van der Waals surface area contributed by atoms with Crippen molar-refractivity contribution in [3.63, 3.8) is 0 Å². The SMILES string of the molecule is CC[C@H]1CCC[C@H](O[C@H]2CC[C@H](N(C)C)[C@@H](C)O2)[C@@H](C)C(=O)C2=C[C@H]3[C@@H]4C[C@H](O[C@@H]5O[C@@H](C)[C@H](OC)[C@@H](OC)[C@H]5OC)C[C@H]4[C@H]4[C@@H]([C@H]3[C@@H]2CC(=O)O1)N4c1ccccc1F. The highest BCUT2D eigenvalue weighted by molar-refractivity contribution is 5.99. The molecule has 0 aromatic heterocycles. The van der Waals surface area contributed by atoms with Gasteiger partial charge in [-0.15, -0.1) is 0 Å². The average Bonchev–Trinajstić information content (AvgIpc) is 3.61. The number of Topliss-reactive ketones (excluding diaryl/α,β-unsaturated/α-hetero) is 1. The Balaban J connectivity index is 1.11. The van der Waals surface area contributed by atoms with Crippen LogP contribution >= 0.6 is 0 Å². The van der Waals surface area contributed by atoms with Gasteiger partial charge in [0.15, 0.2) is 18.4 Å². The Morgan fingerprint density at radius 2 is 1.58 bits per heavy atom. The Hall–Kier alpha value is -2.49. The molecule has 0 N–H and O–H groups in total. The first kappa shape index (κ1) is 44.1. The lowest BCUT2D eigenvalue weighted by Gasteiger charge is -2.44. The van der Waals surface area contributed by atoms with Crippen LogP contribution in [0.15, 0.2) is 35.9 Å². The minimum absolute atomic E-state index is 0.00174. The molecule has 8 rings (SSSR count). The van der Waals surface area contributed by atoms with Crippen molar-refractivity contribution in [1.29, 1.82) is 0 Å². The zero-order valence-electron chi connectivity index (χ0n) is 37.1. The van der Waals surface area contributed by atoms with E-state index in [1.165, 1.54) is 6.07 Å². The van der Waals surface area contributed by atoms with E-state index in [-0.39, 0.29) is 108 Å². The van der Waals surface area contributed by atoms with E-state index in [1.54, 1.807) is 27.4 Å². The summed E-state index contributed by atoms with van der Waals surface area (Å²) in [6.45, 7) is 8.10. The highest BCUT2D eigenvalue weighted by atomic mass is 19.1. The summed E-state index contributed by atoms with van der Waals surface area (Å²) >= 11 is 0. The first-order valence-electron chi connectivity index (χ1n) is 22.7. The van der Waals surface area contributed by atoms with Gasteiger partial charge in [0.05, 0.1) is 48.6 Å². The number of para-hydroxylation sites is 1. The van der Waals surface area contributed by atoms with E-state index in [2.05, 4.69) is 43.8 Å². The van der Waals surface area contributed by atoms with Crippen LogP contribution in [0.5, 0.6) is 0 Å². The molecular weight excluding hydrogens is 772 g/mol. The summed E-state index contributed by atoms with van der Waals surface area (Å²) in [5, 5.41) is 0. The van der Waals surface area contributed by atoms with Crippen LogP contribution in [0.2, 0.25) is 0 Å². The predicted octanol–water partition coefficient (Wildman–Crippen LogP) is 6.33. The smallest absolute Gasteiger partial charge is 0.306 e. The van der Waals surface area contributed by atoms with Crippen LogP contribution in [-0.4, -0.2) is 132 Å². The number of anilines is 1. The van der Waals surface area contributed by atoms with Crippen LogP contribution in [0.3, 0.4) is 0 Å². The molecule has 0 radical (unpaired) electrons. The summed E-state index contributed by atoms with van der Waals surface area (Å²) < 4.78 is 66.1. The topological polar surface area (TPSA) is 114 Å². The Labute approximate surface area is 356 Å². The fraction of sp³-hybridized carbons (Fsp3) is 0.787. The maximum absolute atomic E-state index is 15.8. The van der Waals surface area contributed by atoms with E-state index in [4.69, 9.17) is 37.9 Å². The molecule has 13 heteroatoms. The molecule has 0 unspecified atom stereocenters. The zero-order chi connectivity index (χ0) is 42.6. The van der Waals surface area contributed by atoms with E-state index in [9.17, 15) is 4.79 Å². The van der Waals surface area contributed by atoms with Gasteiger partial charge < -0.3 is 47.7 Å². The molecule has 12 nitrogen and oxygen atoms in total. The van der Waals surface area contributed by atoms with E-state index in [0.29, 0.717) is 36.6 Å². The number of halogens is 1. The molecule has 3 aliphatic carbocycles. The lowest BCUT2D eigenvalue weighted by Crippen LogP contribution is -2.59. The van der Waals surface area contributed by atoms with E-state index in [0.717, 1.165) is 32.1 Å². The normalized spacial score (nSPS) is 44.5. The maximum Gasteiger partial charge on any atom is 0.306 e. The van der Waals surface area contributed by atoms with Crippen molar-refractivity contribution in [2.45, 2.75) is 165 Å². The Morgan fingerprint density at radius 1 is 0.850 bits per heavy atom. The minimum atomic E-state index is -0.678. The molecule has 0 amide bonds. The van der Waals surface area contributed by atoms with Gasteiger partial charge in [-0.05, 0) is 121 Å². The zero-order valence-corrected chi connectivity index (χ0v) is 37.1. The number of esters is 1. The van der Waals surface area contributed by atoms with E-state index < -0.39 is 24.6 Å². The summed E-state index contributed by atoms with van der Waals surface area (Å²) in [6.07, 6.45) is 5.00. The highest BCUT2D eigenvalue weighted by Gasteiger charge is 2.69. The quantitative estimate of drug-likeness (QED) is 0.194. The fourth-order valence-corrected chi connectivity index (χ4v) is 12.6. The van der Waals surface area contributed by atoms with Crippen molar-refractivity contribution in [2.75, 3.05) is 40.3 Å². The summed E-state index contributed by atoms with van der Waals surface area (Å²) in [4.78, 5) is 33.5. The number of benzene rings is 1. The molecule has 4 aliphatic heterocycles. The fourth-order valence-electron chi connectivity index (χ4n) is 12.6. The lowest BCUT2D eigenvalue weighted by atomic mass is 9.66. The molecule has 4 saturated heterocycles. The number of ketones is 1. The van der Waals surface area contributed by atoms with Gasteiger partial charge in [-0.2, -0.15) is 0 Å². The summed E-state index contributed by atoms with van der Waals surface area (Å²) in [5.74, 6) is -1.14. The Bertz CT molecular complexity index is 1710. The van der Waals surface area contributed by atoms with E-state index >= 15 is 9.18 Å². The molecule has 0 spiro atoms. The van der Waals surface area contributed by atoms with Gasteiger partial charge in [0.1, 0.15) is 30.2 Å². The van der Waals surface area contributed by atoms with Crippen LogP contribution in [0.25, 0.3) is 0 Å². The summed E-state index contributed by atoms with van der Waals surface area (Å²) in [7, 11) is 9.09. The molecule has 1 aromatic rings. The number of rotatable bonds is 10. The Morgan fingerprint density at radius 3 is 2.27 bits per heavy atom. The second kappa shape index (κ2) is 18.3. The second-order valence-electron chi connectivity index (χ2n) is 19.0. The van der Waals surface area contributed by atoms with Gasteiger partial charge >= 0.3 is 5.97 Å². The minimum Gasteiger partial charge on any atom is -0.462 e. The number of fused-ring (bicyclic) bond motifs is 8. The first-order chi connectivity index (χ1) is 28.9. The van der Waals surface area contributed by atoms with Crippen molar-refractivity contribution >= 4 is 17.4 Å². The van der Waals surface area contributed by atoms with Crippen molar-refractivity contribution in [2.24, 2.45) is 35.5 Å². The molecule has 6 fully saturated rings. The van der Waals surface area contributed by atoms with E-state index in [1.807, 2.05) is 26.0 Å². The molecule has 1 aromatic carbocycles. The number of allylic oxidation sites excluding steroid dienone is 2. The molecular formula is C47H69FN2O10. The molecule has 0 bridgehead atoms. The molecule has 2 saturated carbocycles. The third-order valence-corrected chi connectivity index (χ3v) is 15.5. The second-order valence-corrected chi connectivity index (χ2v) is 19.0. The lowest BCUT2D eigenvalue weighted by molar-refractivity contribution is -0.314. The monoisotopic (exact) mass is 840 g/mol. The van der Waals surface area contributed by atoms with Gasteiger partial charge in [0.2, 0.25) is 0 Å². The van der Waals surface area contributed by atoms with Gasteiger partial charge in [0, 0.05) is 39.2 Å². The summed E-state index contributed by atoms with van der Waals surface area (Å²) in [5.41, 5.74) is 1.26. The third kappa shape index (κ3) is 8.24. The average molecular weight is 841 g/mol. The Kier molecular flexibility index (Phi) is 13.5. The molecule has 19 atom stereocenters. The number of ether oxygens (including phenoxy) is 8. The predicted molar refractivity (Wildman–Crippen MR) is 222 cm³/mol. The van der Waals surface area contributed by atoms with Gasteiger partial charge in [-0.3, -0.25) is 9.59 Å². The van der Waals surface area contributed by atoms with Crippen molar-refractivity contribution in [3.8, 4) is 0 Å². The number of carbonyl (C=O) groups is 2.